The van der Waals surface area contributed by atoms with E-state index in [0.29, 0.717) is 16.9 Å². The SMILES string of the molecule is CC(=O)N[C@H]1[C@H](Oc2ccccc2-c2cccc(C#N)c2)O[C@H](CO)[C@H](O)[C@@H]1O. The van der Waals surface area contributed by atoms with Gasteiger partial charge in [0, 0.05) is 12.5 Å². The molecule has 0 unspecified atom stereocenters. The molecule has 1 aliphatic heterocycles. The van der Waals surface area contributed by atoms with Crippen LogP contribution in [0.5, 0.6) is 5.75 Å². The van der Waals surface area contributed by atoms with Crippen LogP contribution < -0.4 is 10.1 Å². The summed E-state index contributed by atoms with van der Waals surface area (Å²) in [7, 11) is 0. The smallest absolute Gasteiger partial charge is 0.223 e. The van der Waals surface area contributed by atoms with Gasteiger partial charge in [-0.05, 0) is 23.8 Å². The lowest BCUT2D eigenvalue weighted by Gasteiger charge is -2.42. The number of hydrogen-bond donors (Lipinski definition) is 4. The molecule has 0 radical (unpaired) electrons. The average Bonchev–Trinajstić information content (AvgIpc) is 2.73. The van der Waals surface area contributed by atoms with E-state index in [2.05, 4.69) is 11.4 Å². The Bertz CT molecular complexity index is 912. The summed E-state index contributed by atoms with van der Waals surface area (Å²) >= 11 is 0. The number of ether oxygens (including phenoxy) is 2. The molecule has 0 saturated carbocycles. The maximum absolute atomic E-state index is 11.6. The molecular weight excluding hydrogens is 376 g/mol. The highest BCUT2D eigenvalue weighted by atomic mass is 16.7. The van der Waals surface area contributed by atoms with E-state index in [1.54, 1.807) is 36.4 Å². The van der Waals surface area contributed by atoms with Crippen molar-refractivity contribution in [1.82, 2.24) is 5.32 Å². The minimum absolute atomic E-state index is 0.392. The summed E-state index contributed by atoms with van der Waals surface area (Å²) in [6.07, 6.45) is -5.02. The Labute approximate surface area is 167 Å². The van der Waals surface area contributed by atoms with Crippen LogP contribution in [-0.4, -0.2) is 58.5 Å². The van der Waals surface area contributed by atoms with Crippen LogP contribution in [0.25, 0.3) is 11.1 Å². The second kappa shape index (κ2) is 9.03. The van der Waals surface area contributed by atoms with Gasteiger partial charge in [0.15, 0.2) is 0 Å². The molecule has 1 aliphatic rings. The standard InChI is InChI=1S/C21H22N2O6/c1-12(25)23-18-20(27)19(26)17(11-24)29-21(18)28-16-8-3-2-7-15(16)14-6-4-5-13(9-14)10-22/h2-9,17-21,24,26-27H,11H2,1H3,(H,23,25)/t17-,18-,19+,20-,21-/m1/s1. The maximum atomic E-state index is 11.6. The van der Waals surface area contributed by atoms with E-state index in [0.717, 1.165) is 5.56 Å². The van der Waals surface area contributed by atoms with Gasteiger partial charge in [-0.1, -0.05) is 30.3 Å². The molecular formula is C21H22N2O6. The van der Waals surface area contributed by atoms with Gasteiger partial charge in [0.2, 0.25) is 12.2 Å². The third-order valence-electron chi connectivity index (χ3n) is 4.68. The quantitative estimate of drug-likeness (QED) is 0.578. The van der Waals surface area contributed by atoms with Crippen molar-refractivity contribution in [1.29, 1.82) is 5.26 Å². The van der Waals surface area contributed by atoms with Gasteiger partial charge >= 0.3 is 0 Å². The fourth-order valence-corrected chi connectivity index (χ4v) is 3.26. The Morgan fingerprint density at radius 2 is 1.97 bits per heavy atom. The highest BCUT2D eigenvalue weighted by molar-refractivity contribution is 5.73. The van der Waals surface area contributed by atoms with Crippen LogP contribution in [0.4, 0.5) is 0 Å². The van der Waals surface area contributed by atoms with Gasteiger partial charge in [0.05, 0.1) is 18.2 Å². The summed E-state index contributed by atoms with van der Waals surface area (Å²) in [5.41, 5.74) is 1.91. The molecule has 1 amide bonds. The zero-order valence-corrected chi connectivity index (χ0v) is 15.7. The molecule has 5 atom stereocenters. The van der Waals surface area contributed by atoms with E-state index in [1.165, 1.54) is 6.92 Å². The van der Waals surface area contributed by atoms with Gasteiger partial charge in [-0.2, -0.15) is 5.26 Å². The van der Waals surface area contributed by atoms with Crippen molar-refractivity contribution in [3.8, 4) is 22.9 Å². The third kappa shape index (κ3) is 4.55. The number of rotatable bonds is 5. The molecule has 2 aromatic carbocycles. The van der Waals surface area contributed by atoms with Gasteiger partial charge < -0.3 is 30.1 Å². The molecule has 29 heavy (non-hydrogen) atoms. The summed E-state index contributed by atoms with van der Waals surface area (Å²) in [5.74, 6) is -0.0425. The number of amides is 1. The first-order valence-corrected chi connectivity index (χ1v) is 9.10. The Morgan fingerprint density at radius 3 is 2.66 bits per heavy atom. The Morgan fingerprint density at radius 1 is 1.21 bits per heavy atom. The minimum atomic E-state index is -1.40. The highest BCUT2D eigenvalue weighted by Gasteiger charge is 2.46. The van der Waals surface area contributed by atoms with Crippen molar-refractivity contribution < 1.29 is 29.6 Å². The van der Waals surface area contributed by atoms with Crippen LogP contribution in [0.3, 0.4) is 0 Å². The second-order valence-electron chi connectivity index (χ2n) is 6.74. The van der Waals surface area contributed by atoms with Crippen molar-refractivity contribution in [2.45, 2.75) is 37.6 Å². The van der Waals surface area contributed by atoms with Gasteiger partial charge in [-0.3, -0.25) is 4.79 Å². The summed E-state index contributed by atoms with van der Waals surface area (Å²) in [6.45, 7) is 0.742. The van der Waals surface area contributed by atoms with Crippen LogP contribution in [0.1, 0.15) is 12.5 Å². The lowest BCUT2D eigenvalue weighted by molar-refractivity contribution is -0.244. The van der Waals surface area contributed by atoms with Gasteiger partial charge in [-0.25, -0.2) is 0 Å². The monoisotopic (exact) mass is 398 g/mol. The molecule has 4 N–H and O–H groups in total. The first-order chi connectivity index (χ1) is 13.9. The lowest BCUT2D eigenvalue weighted by Crippen LogP contribution is -2.65. The van der Waals surface area contributed by atoms with Crippen LogP contribution in [-0.2, 0) is 9.53 Å². The summed E-state index contributed by atoms with van der Waals surface area (Å²) in [5, 5.41) is 41.7. The number of para-hydroxylation sites is 1. The van der Waals surface area contributed by atoms with Crippen LogP contribution in [0.2, 0.25) is 0 Å². The predicted molar refractivity (Wildman–Crippen MR) is 103 cm³/mol. The van der Waals surface area contributed by atoms with E-state index < -0.39 is 43.2 Å². The topological polar surface area (TPSA) is 132 Å². The second-order valence-corrected chi connectivity index (χ2v) is 6.74. The third-order valence-corrected chi connectivity index (χ3v) is 4.68. The Balaban J connectivity index is 1.94. The molecule has 8 heteroatoms. The van der Waals surface area contributed by atoms with Crippen molar-refractivity contribution >= 4 is 5.91 Å². The van der Waals surface area contributed by atoms with E-state index in [9.17, 15) is 20.1 Å². The highest BCUT2D eigenvalue weighted by Crippen LogP contribution is 2.33. The molecule has 152 valence electrons. The number of carbonyl (C=O) groups is 1. The van der Waals surface area contributed by atoms with E-state index in [-0.39, 0.29) is 0 Å². The van der Waals surface area contributed by atoms with Gasteiger partial charge in [0.25, 0.3) is 0 Å². The summed E-state index contributed by atoms with van der Waals surface area (Å²) in [4.78, 5) is 11.6. The van der Waals surface area contributed by atoms with Crippen molar-refractivity contribution in [2.24, 2.45) is 0 Å². The zero-order valence-electron chi connectivity index (χ0n) is 15.7. The van der Waals surface area contributed by atoms with Crippen LogP contribution in [0.15, 0.2) is 48.5 Å². The van der Waals surface area contributed by atoms with Gasteiger partial charge in [-0.15, -0.1) is 0 Å². The van der Waals surface area contributed by atoms with Crippen LogP contribution in [0, 0.1) is 11.3 Å². The fourth-order valence-electron chi connectivity index (χ4n) is 3.26. The molecule has 1 heterocycles. The minimum Gasteiger partial charge on any atom is -0.462 e. The van der Waals surface area contributed by atoms with Gasteiger partial charge in [0.1, 0.15) is 30.1 Å². The summed E-state index contributed by atoms with van der Waals surface area (Å²) < 4.78 is 11.6. The molecule has 0 aliphatic carbocycles. The predicted octanol–water partition coefficient (Wildman–Crippen LogP) is 0.548. The number of hydrogen-bond acceptors (Lipinski definition) is 7. The molecule has 1 saturated heterocycles. The molecule has 1 fully saturated rings. The number of benzene rings is 2. The molecule has 0 spiro atoms. The number of aliphatic hydroxyl groups is 3. The summed E-state index contributed by atoms with van der Waals surface area (Å²) in [6, 6.07) is 15.1. The average molecular weight is 398 g/mol. The normalized spacial score (nSPS) is 26.4. The Kier molecular flexibility index (Phi) is 6.46. The largest absolute Gasteiger partial charge is 0.462 e. The molecule has 0 aromatic heterocycles. The van der Waals surface area contributed by atoms with E-state index in [1.807, 2.05) is 12.1 Å². The van der Waals surface area contributed by atoms with E-state index >= 15 is 0 Å². The van der Waals surface area contributed by atoms with Crippen molar-refractivity contribution in [3.05, 3.63) is 54.1 Å². The van der Waals surface area contributed by atoms with E-state index in [4.69, 9.17) is 14.7 Å². The Hall–Kier alpha value is -2.96. The fraction of sp³-hybridized carbons (Fsp3) is 0.333. The molecule has 0 bridgehead atoms. The van der Waals surface area contributed by atoms with Crippen LogP contribution >= 0.6 is 0 Å². The first kappa shape index (κ1) is 20.8. The van der Waals surface area contributed by atoms with Crippen molar-refractivity contribution in [3.63, 3.8) is 0 Å². The molecule has 2 aromatic rings. The number of nitrogens with zero attached hydrogens (tertiary/aromatic N) is 1. The number of carbonyl (C=O) groups excluding carboxylic acids is 1. The first-order valence-electron chi connectivity index (χ1n) is 9.10. The maximum Gasteiger partial charge on any atom is 0.223 e. The number of nitrogens with one attached hydrogen (secondary N) is 1. The molecule has 3 rings (SSSR count). The lowest BCUT2D eigenvalue weighted by atomic mass is 9.96. The van der Waals surface area contributed by atoms with Crippen molar-refractivity contribution in [2.75, 3.05) is 6.61 Å². The number of aliphatic hydroxyl groups excluding tert-OH is 3. The zero-order chi connectivity index (χ0) is 21.0. The molecule has 8 nitrogen and oxygen atoms in total. The number of nitriles is 1.